The van der Waals surface area contributed by atoms with E-state index in [1.165, 1.54) is 18.4 Å². The number of fused-ring (bicyclic) bond motifs is 1. The maximum absolute atomic E-state index is 10.4. The Morgan fingerprint density at radius 3 is 2.72 bits per heavy atom. The zero-order valence-corrected chi connectivity index (χ0v) is 18.0. The molecule has 3 aliphatic carbocycles. The van der Waals surface area contributed by atoms with Crippen LogP contribution in [0.4, 0.5) is 0 Å². The topological polar surface area (TPSA) is 62.6 Å². The third-order valence-corrected chi connectivity index (χ3v) is 8.84. The number of hydrogen-bond donors (Lipinski definition) is 2. The Morgan fingerprint density at radius 1 is 1.17 bits per heavy atom. The van der Waals surface area contributed by atoms with E-state index in [1.807, 2.05) is 18.2 Å². The van der Waals surface area contributed by atoms with Crippen LogP contribution >= 0.6 is 0 Å². The second-order valence-electron chi connectivity index (χ2n) is 10.2. The summed E-state index contributed by atoms with van der Waals surface area (Å²) in [6.45, 7) is 9.43. The highest BCUT2D eigenvalue weighted by molar-refractivity contribution is 5.21. The maximum Gasteiger partial charge on any atom is 0.213 e. The number of hydrogen-bond acceptors (Lipinski definition) is 4. The van der Waals surface area contributed by atoms with E-state index in [-0.39, 0.29) is 29.6 Å². The zero-order valence-electron chi connectivity index (χ0n) is 18.0. The molecule has 7 atom stereocenters. The second kappa shape index (κ2) is 8.03. The molecule has 1 aromatic rings. The minimum absolute atomic E-state index is 0.0260. The van der Waals surface area contributed by atoms with E-state index in [9.17, 15) is 10.2 Å². The van der Waals surface area contributed by atoms with Crippen molar-refractivity contribution >= 4 is 0 Å². The average Bonchev–Trinajstić information content (AvgIpc) is 3.01. The molecule has 3 fully saturated rings. The van der Waals surface area contributed by atoms with Crippen LogP contribution in [0.1, 0.15) is 65.2 Å². The molecule has 4 heteroatoms. The molecule has 2 N–H and O–H groups in total. The first-order valence-corrected chi connectivity index (χ1v) is 11.4. The van der Waals surface area contributed by atoms with E-state index in [0.29, 0.717) is 30.1 Å². The summed E-state index contributed by atoms with van der Waals surface area (Å²) in [6.07, 6.45) is 9.34. The fourth-order valence-corrected chi connectivity index (χ4v) is 7.01. The normalized spacial score (nSPS) is 42.5. The molecule has 0 spiro atoms. The molecule has 160 valence electrons. The molecule has 4 rings (SSSR count). The number of ether oxygens (including phenoxy) is 1. The molecule has 0 amide bonds. The standard InChI is InChI=1S/C25H37NO3/c1-17-7-8-20-19(11-15-27)21(10-13-24(17,20)2)25(3)12-9-18(28)16-22(25)29-23-6-4-5-14-26-23/h4-6,14,18-22,27-28H,1,7-13,15-16H2,2-3H3/t18?,19-,20-,21-,22?,24+,25?/m0/s1. The van der Waals surface area contributed by atoms with Crippen LogP contribution in [0.25, 0.3) is 0 Å². The third-order valence-electron chi connectivity index (χ3n) is 8.84. The van der Waals surface area contributed by atoms with E-state index in [4.69, 9.17) is 4.74 Å². The molecular weight excluding hydrogens is 362 g/mol. The van der Waals surface area contributed by atoms with Gasteiger partial charge in [-0.05, 0) is 74.2 Å². The van der Waals surface area contributed by atoms with Crippen LogP contribution in [0.2, 0.25) is 0 Å². The van der Waals surface area contributed by atoms with Crippen molar-refractivity contribution in [1.82, 2.24) is 4.98 Å². The fraction of sp³-hybridized carbons (Fsp3) is 0.720. The van der Waals surface area contributed by atoms with Gasteiger partial charge in [-0.15, -0.1) is 0 Å². The van der Waals surface area contributed by atoms with Crippen LogP contribution < -0.4 is 4.74 Å². The number of aliphatic hydroxyl groups is 2. The minimum Gasteiger partial charge on any atom is -0.474 e. The van der Waals surface area contributed by atoms with Crippen LogP contribution in [-0.4, -0.2) is 34.0 Å². The molecule has 4 nitrogen and oxygen atoms in total. The van der Waals surface area contributed by atoms with Crippen molar-refractivity contribution < 1.29 is 14.9 Å². The van der Waals surface area contributed by atoms with Gasteiger partial charge in [-0.25, -0.2) is 4.98 Å². The van der Waals surface area contributed by atoms with Crippen LogP contribution in [0.3, 0.4) is 0 Å². The predicted molar refractivity (Wildman–Crippen MR) is 115 cm³/mol. The van der Waals surface area contributed by atoms with E-state index in [1.54, 1.807) is 6.20 Å². The smallest absolute Gasteiger partial charge is 0.213 e. The molecular formula is C25H37NO3. The predicted octanol–water partition coefficient (Wildman–Crippen LogP) is 4.76. The Balaban J connectivity index is 1.64. The van der Waals surface area contributed by atoms with Gasteiger partial charge in [0.2, 0.25) is 5.88 Å². The van der Waals surface area contributed by atoms with Gasteiger partial charge in [0.05, 0.1) is 6.10 Å². The van der Waals surface area contributed by atoms with Gasteiger partial charge in [0, 0.05) is 30.7 Å². The molecule has 0 radical (unpaired) electrons. The maximum atomic E-state index is 10.4. The zero-order chi connectivity index (χ0) is 20.6. The number of rotatable bonds is 5. The first kappa shape index (κ1) is 20.9. The lowest BCUT2D eigenvalue weighted by molar-refractivity contribution is -0.113. The van der Waals surface area contributed by atoms with Gasteiger partial charge in [-0.1, -0.05) is 32.1 Å². The Labute approximate surface area is 175 Å². The molecule has 3 aliphatic rings. The molecule has 3 unspecified atom stereocenters. The number of allylic oxidation sites excluding steroid dienone is 1. The van der Waals surface area contributed by atoms with Gasteiger partial charge in [-0.3, -0.25) is 0 Å². The van der Waals surface area contributed by atoms with E-state index < -0.39 is 0 Å². The van der Waals surface area contributed by atoms with Crippen molar-refractivity contribution in [3.8, 4) is 5.88 Å². The molecule has 1 aromatic heterocycles. The lowest BCUT2D eigenvalue weighted by atomic mass is 9.50. The molecule has 0 aliphatic heterocycles. The number of nitrogens with zero attached hydrogens (tertiary/aromatic N) is 1. The van der Waals surface area contributed by atoms with Crippen LogP contribution in [-0.2, 0) is 0 Å². The van der Waals surface area contributed by atoms with Gasteiger partial charge >= 0.3 is 0 Å². The van der Waals surface area contributed by atoms with Crippen molar-refractivity contribution in [2.45, 2.75) is 77.4 Å². The minimum atomic E-state index is -0.312. The Morgan fingerprint density at radius 2 is 2.00 bits per heavy atom. The summed E-state index contributed by atoms with van der Waals surface area (Å²) in [4.78, 5) is 4.38. The summed E-state index contributed by atoms with van der Waals surface area (Å²) in [5.41, 5.74) is 1.61. The highest BCUT2D eigenvalue weighted by Crippen LogP contribution is 2.63. The van der Waals surface area contributed by atoms with Gasteiger partial charge < -0.3 is 14.9 Å². The van der Waals surface area contributed by atoms with Crippen LogP contribution in [0.5, 0.6) is 5.88 Å². The van der Waals surface area contributed by atoms with Crippen LogP contribution in [0.15, 0.2) is 36.5 Å². The average molecular weight is 400 g/mol. The van der Waals surface area contributed by atoms with Crippen molar-refractivity contribution in [3.05, 3.63) is 36.5 Å². The monoisotopic (exact) mass is 399 g/mol. The Bertz CT molecular complexity index is 722. The van der Waals surface area contributed by atoms with Gasteiger partial charge in [0.15, 0.2) is 0 Å². The SMILES string of the molecule is C=C1CC[C@H]2[C@H](CCO)[C@@H](C3(C)CCC(O)CC3Oc3ccccn3)CC[C@]12C. The second-order valence-corrected chi connectivity index (χ2v) is 10.2. The Hall–Kier alpha value is -1.39. The highest BCUT2D eigenvalue weighted by Gasteiger charge is 2.57. The quantitative estimate of drug-likeness (QED) is 0.701. The van der Waals surface area contributed by atoms with Crippen molar-refractivity contribution in [3.63, 3.8) is 0 Å². The summed E-state index contributed by atoms with van der Waals surface area (Å²) in [6, 6.07) is 5.75. The number of pyridine rings is 1. The third kappa shape index (κ3) is 3.63. The fourth-order valence-electron chi connectivity index (χ4n) is 7.01. The summed E-state index contributed by atoms with van der Waals surface area (Å²) in [5, 5.41) is 20.4. The summed E-state index contributed by atoms with van der Waals surface area (Å²) < 4.78 is 6.43. The lowest BCUT2D eigenvalue weighted by Crippen LogP contribution is -2.54. The first-order valence-electron chi connectivity index (χ1n) is 11.4. The van der Waals surface area contributed by atoms with Crippen molar-refractivity contribution in [2.75, 3.05) is 6.61 Å². The molecule has 3 saturated carbocycles. The lowest BCUT2D eigenvalue weighted by Gasteiger charge is -2.56. The summed E-state index contributed by atoms with van der Waals surface area (Å²) >= 11 is 0. The largest absolute Gasteiger partial charge is 0.474 e. The highest BCUT2D eigenvalue weighted by atomic mass is 16.5. The van der Waals surface area contributed by atoms with E-state index in [0.717, 1.165) is 32.1 Å². The molecule has 29 heavy (non-hydrogen) atoms. The molecule has 0 bridgehead atoms. The molecule has 1 heterocycles. The number of aromatic nitrogens is 1. The summed E-state index contributed by atoms with van der Waals surface area (Å²) in [7, 11) is 0. The van der Waals surface area contributed by atoms with Crippen molar-refractivity contribution in [2.24, 2.45) is 28.6 Å². The van der Waals surface area contributed by atoms with E-state index in [2.05, 4.69) is 25.4 Å². The van der Waals surface area contributed by atoms with Gasteiger partial charge in [0.1, 0.15) is 6.10 Å². The molecule has 0 aromatic carbocycles. The number of aliphatic hydroxyl groups excluding tert-OH is 2. The Kier molecular flexibility index (Phi) is 5.78. The summed E-state index contributed by atoms with van der Waals surface area (Å²) in [5.74, 6) is 2.21. The first-order chi connectivity index (χ1) is 13.9. The van der Waals surface area contributed by atoms with Gasteiger partial charge in [0.25, 0.3) is 0 Å². The van der Waals surface area contributed by atoms with Crippen LogP contribution in [0, 0.1) is 28.6 Å². The van der Waals surface area contributed by atoms with Gasteiger partial charge in [-0.2, -0.15) is 0 Å². The molecule has 0 saturated heterocycles. The van der Waals surface area contributed by atoms with E-state index >= 15 is 0 Å². The van der Waals surface area contributed by atoms with Crippen molar-refractivity contribution in [1.29, 1.82) is 0 Å².